The molecule has 1 aliphatic rings. The topological polar surface area (TPSA) is 47.4 Å². The third-order valence-electron chi connectivity index (χ3n) is 4.25. The third kappa shape index (κ3) is 3.55. The summed E-state index contributed by atoms with van der Waals surface area (Å²) in [5.74, 6) is -0.385. The predicted octanol–water partition coefficient (Wildman–Crippen LogP) is 2.35. The average molecular weight is 335 g/mol. The van der Waals surface area contributed by atoms with Gasteiger partial charge in [0, 0.05) is 20.1 Å². The van der Waals surface area contributed by atoms with Crippen LogP contribution in [0.25, 0.3) is 0 Å². The first kappa shape index (κ1) is 16.4. The van der Waals surface area contributed by atoms with E-state index in [1.54, 1.807) is 23.1 Å². The van der Waals surface area contributed by atoms with Crippen molar-refractivity contribution in [2.24, 2.45) is 13.0 Å². The highest BCUT2D eigenvalue weighted by atomic mass is 19.1. The van der Waals surface area contributed by atoms with Crippen molar-refractivity contribution in [3.05, 3.63) is 52.6 Å². The Balaban J connectivity index is 1.58. The molecule has 2 aromatic rings. The molecular formula is C17H19F2N3O2. The highest BCUT2D eigenvalue weighted by Gasteiger charge is 2.23. The number of anilines is 1. The Morgan fingerprint density at radius 2 is 1.96 bits per heavy atom. The van der Waals surface area contributed by atoms with Gasteiger partial charge in [0.25, 0.3) is 5.56 Å². The lowest BCUT2D eigenvalue weighted by Crippen LogP contribution is -2.40. The monoisotopic (exact) mass is 335 g/mol. The molecule has 1 fully saturated rings. The minimum Gasteiger partial charge on any atom is -0.490 e. The molecule has 7 heteroatoms. The molecule has 0 N–H and O–H groups in total. The van der Waals surface area contributed by atoms with Crippen LogP contribution >= 0.6 is 0 Å². The number of rotatable bonds is 4. The van der Waals surface area contributed by atoms with Gasteiger partial charge in [0.15, 0.2) is 17.4 Å². The van der Waals surface area contributed by atoms with Crippen LogP contribution in [0.1, 0.15) is 12.8 Å². The lowest BCUT2D eigenvalue weighted by atomic mass is 9.98. The number of aryl methyl sites for hydroxylation is 1. The predicted molar refractivity (Wildman–Crippen MR) is 86.3 cm³/mol. The van der Waals surface area contributed by atoms with E-state index in [0.29, 0.717) is 19.7 Å². The summed E-state index contributed by atoms with van der Waals surface area (Å²) in [5.41, 5.74) is -0.308. The molecule has 5 nitrogen and oxygen atoms in total. The zero-order valence-electron chi connectivity index (χ0n) is 13.4. The van der Waals surface area contributed by atoms with Crippen LogP contribution in [-0.4, -0.2) is 29.2 Å². The lowest BCUT2D eigenvalue weighted by molar-refractivity contribution is 0.215. The molecule has 3 rings (SSSR count). The van der Waals surface area contributed by atoms with Gasteiger partial charge in [-0.15, -0.1) is 0 Å². The SMILES string of the molecule is Cn1cc(F)nc(N2CCC(COc3ccccc3F)CC2)c1=O. The molecule has 0 radical (unpaired) electrons. The molecular weight excluding hydrogens is 316 g/mol. The van der Waals surface area contributed by atoms with Gasteiger partial charge < -0.3 is 14.2 Å². The maximum atomic E-state index is 13.5. The van der Waals surface area contributed by atoms with Crippen LogP contribution in [0.15, 0.2) is 35.3 Å². The van der Waals surface area contributed by atoms with Crippen LogP contribution in [0.2, 0.25) is 0 Å². The number of benzene rings is 1. The number of aromatic nitrogens is 2. The quantitative estimate of drug-likeness (QED) is 0.861. The Labute approximate surface area is 138 Å². The molecule has 2 heterocycles. The number of para-hydroxylation sites is 1. The largest absolute Gasteiger partial charge is 0.490 e. The molecule has 1 aromatic carbocycles. The van der Waals surface area contributed by atoms with Crippen molar-refractivity contribution in [1.82, 2.24) is 9.55 Å². The summed E-state index contributed by atoms with van der Waals surface area (Å²) in [6, 6.07) is 6.31. The fourth-order valence-electron chi connectivity index (χ4n) is 2.84. The summed E-state index contributed by atoms with van der Waals surface area (Å²) in [4.78, 5) is 17.6. The second-order valence-electron chi connectivity index (χ2n) is 5.98. The van der Waals surface area contributed by atoms with Gasteiger partial charge in [-0.1, -0.05) is 12.1 Å². The van der Waals surface area contributed by atoms with Crippen molar-refractivity contribution in [1.29, 1.82) is 0 Å². The van der Waals surface area contributed by atoms with E-state index >= 15 is 0 Å². The Morgan fingerprint density at radius 3 is 2.67 bits per heavy atom. The number of hydrogen-bond acceptors (Lipinski definition) is 4. The summed E-state index contributed by atoms with van der Waals surface area (Å²) in [6.07, 6.45) is 2.62. The summed E-state index contributed by atoms with van der Waals surface area (Å²) in [7, 11) is 1.51. The van der Waals surface area contributed by atoms with Crippen LogP contribution in [0.5, 0.6) is 5.75 Å². The summed E-state index contributed by atoms with van der Waals surface area (Å²) in [6.45, 7) is 1.61. The first-order chi connectivity index (χ1) is 11.5. The number of ether oxygens (including phenoxy) is 1. The van der Waals surface area contributed by atoms with Gasteiger partial charge in [-0.2, -0.15) is 9.37 Å². The molecule has 0 spiro atoms. The Bertz CT molecular complexity index is 771. The van der Waals surface area contributed by atoms with Gasteiger partial charge in [0.2, 0.25) is 5.95 Å². The highest BCUT2D eigenvalue weighted by Crippen LogP contribution is 2.22. The summed E-state index contributed by atoms with van der Waals surface area (Å²) in [5, 5.41) is 0. The van der Waals surface area contributed by atoms with E-state index in [1.807, 2.05) is 0 Å². The van der Waals surface area contributed by atoms with Crippen LogP contribution in [-0.2, 0) is 7.05 Å². The minimum absolute atomic E-state index is 0.144. The Morgan fingerprint density at radius 1 is 1.25 bits per heavy atom. The molecule has 0 unspecified atom stereocenters. The Hall–Kier alpha value is -2.44. The van der Waals surface area contributed by atoms with E-state index in [2.05, 4.69) is 4.98 Å². The molecule has 1 aliphatic heterocycles. The smallest absolute Gasteiger partial charge is 0.293 e. The van der Waals surface area contributed by atoms with E-state index in [9.17, 15) is 13.6 Å². The third-order valence-corrected chi connectivity index (χ3v) is 4.25. The number of piperidine rings is 1. The molecule has 0 atom stereocenters. The summed E-state index contributed by atoms with van der Waals surface area (Å²) >= 11 is 0. The first-order valence-electron chi connectivity index (χ1n) is 7.90. The van der Waals surface area contributed by atoms with Gasteiger partial charge in [0.05, 0.1) is 12.8 Å². The second-order valence-corrected chi connectivity index (χ2v) is 5.98. The fourth-order valence-corrected chi connectivity index (χ4v) is 2.84. The maximum Gasteiger partial charge on any atom is 0.293 e. The molecule has 128 valence electrons. The molecule has 1 saturated heterocycles. The fraction of sp³-hybridized carbons (Fsp3) is 0.412. The van der Waals surface area contributed by atoms with E-state index in [0.717, 1.165) is 19.0 Å². The number of halogens is 2. The van der Waals surface area contributed by atoms with Crippen LogP contribution in [0, 0.1) is 17.7 Å². The zero-order chi connectivity index (χ0) is 17.1. The van der Waals surface area contributed by atoms with E-state index in [1.165, 1.54) is 17.7 Å². The standard InChI is InChI=1S/C17H19F2N3O2/c1-21-10-15(19)20-16(17(21)23)22-8-6-12(7-9-22)11-24-14-5-3-2-4-13(14)18/h2-5,10,12H,6-9,11H2,1H3. The molecule has 0 saturated carbocycles. The average Bonchev–Trinajstić information content (AvgIpc) is 2.58. The van der Waals surface area contributed by atoms with Crippen molar-refractivity contribution in [2.75, 3.05) is 24.6 Å². The van der Waals surface area contributed by atoms with E-state index < -0.39 is 5.95 Å². The van der Waals surface area contributed by atoms with Gasteiger partial charge >= 0.3 is 0 Å². The van der Waals surface area contributed by atoms with Crippen LogP contribution in [0.3, 0.4) is 0 Å². The molecule has 24 heavy (non-hydrogen) atoms. The van der Waals surface area contributed by atoms with E-state index in [4.69, 9.17) is 4.74 Å². The van der Waals surface area contributed by atoms with Gasteiger partial charge in [-0.05, 0) is 30.9 Å². The lowest BCUT2D eigenvalue weighted by Gasteiger charge is -2.32. The Kier molecular flexibility index (Phi) is 4.78. The van der Waals surface area contributed by atoms with Crippen molar-refractivity contribution in [2.45, 2.75) is 12.8 Å². The maximum absolute atomic E-state index is 13.5. The molecule has 0 bridgehead atoms. The zero-order valence-corrected chi connectivity index (χ0v) is 13.4. The van der Waals surface area contributed by atoms with Crippen molar-refractivity contribution >= 4 is 5.82 Å². The normalized spacial score (nSPS) is 15.5. The molecule has 0 aliphatic carbocycles. The van der Waals surface area contributed by atoms with Crippen molar-refractivity contribution in [3.63, 3.8) is 0 Å². The highest BCUT2D eigenvalue weighted by molar-refractivity contribution is 5.36. The number of nitrogens with zero attached hydrogens (tertiary/aromatic N) is 3. The van der Waals surface area contributed by atoms with E-state index in [-0.39, 0.29) is 28.9 Å². The van der Waals surface area contributed by atoms with Gasteiger partial charge in [-0.25, -0.2) is 4.39 Å². The van der Waals surface area contributed by atoms with Gasteiger partial charge in [-0.3, -0.25) is 4.79 Å². The van der Waals surface area contributed by atoms with Crippen LogP contribution in [0.4, 0.5) is 14.6 Å². The molecule has 0 amide bonds. The first-order valence-corrected chi connectivity index (χ1v) is 7.90. The second kappa shape index (κ2) is 6.98. The van der Waals surface area contributed by atoms with Crippen molar-refractivity contribution < 1.29 is 13.5 Å². The van der Waals surface area contributed by atoms with Gasteiger partial charge in [0.1, 0.15) is 0 Å². The van der Waals surface area contributed by atoms with Crippen molar-refractivity contribution in [3.8, 4) is 5.75 Å². The molecule has 1 aromatic heterocycles. The van der Waals surface area contributed by atoms with Crippen LogP contribution < -0.4 is 15.2 Å². The summed E-state index contributed by atoms with van der Waals surface area (Å²) < 4.78 is 33.7. The minimum atomic E-state index is -0.669. The number of hydrogen-bond donors (Lipinski definition) is 0.